The van der Waals surface area contributed by atoms with Crippen LogP contribution in [0.1, 0.15) is 24.3 Å². The predicted octanol–water partition coefficient (Wildman–Crippen LogP) is 2.73. The Kier molecular flexibility index (Phi) is 3.72. The summed E-state index contributed by atoms with van der Waals surface area (Å²) in [7, 11) is 0. The van der Waals surface area contributed by atoms with Gasteiger partial charge in [-0.3, -0.25) is 4.90 Å². The van der Waals surface area contributed by atoms with Crippen molar-refractivity contribution in [3.8, 4) is 5.69 Å². The molecule has 3 atom stereocenters. The third kappa shape index (κ3) is 2.41. The van der Waals surface area contributed by atoms with E-state index in [-0.39, 0.29) is 0 Å². The fourth-order valence-corrected chi connectivity index (χ4v) is 5.74. The third-order valence-electron chi connectivity index (χ3n) is 6.93. The summed E-state index contributed by atoms with van der Waals surface area (Å²) in [5.41, 5.74) is 2.45. The van der Waals surface area contributed by atoms with Crippen molar-refractivity contribution in [3.05, 3.63) is 66.2 Å². The molecule has 0 aliphatic carbocycles. The summed E-state index contributed by atoms with van der Waals surface area (Å²) in [5, 5.41) is 12.9. The molecule has 1 aromatic heterocycles. The molecule has 4 aliphatic rings. The average Bonchev–Trinajstić information content (AvgIpc) is 3.42. The van der Waals surface area contributed by atoms with Crippen molar-refractivity contribution in [1.82, 2.24) is 25.1 Å². The topological polar surface area (TPSA) is 50.1 Å². The second-order valence-corrected chi connectivity index (χ2v) is 8.25. The Bertz CT molecular complexity index is 947. The van der Waals surface area contributed by atoms with Crippen molar-refractivity contribution < 1.29 is 0 Å². The lowest BCUT2D eigenvalue weighted by Crippen LogP contribution is -2.60. The first-order chi connectivity index (χ1) is 13.9. The predicted molar refractivity (Wildman–Crippen MR) is 108 cm³/mol. The molecule has 6 nitrogen and oxygen atoms in total. The number of aromatic nitrogens is 4. The molecule has 0 amide bonds. The van der Waals surface area contributed by atoms with Crippen LogP contribution in [0.4, 0.5) is 5.95 Å². The summed E-state index contributed by atoms with van der Waals surface area (Å²) >= 11 is 0. The highest BCUT2D eigenvalue weighted by Gasteiger charge is 2.54. The monoisotopic (exact) mass is 372 g/mol. The minimum atomic E-state index is 0.487. The van der Waals surface area contributed by atoms with Crippen LogP contribution in [0.5, 0.6) is 0 Å². The molecule has 0 spiro atoms. The van der Waals surface area contributed by atoms with E-state index in [4.69, 9.17) is 0 Å². The number of hydrogen-bond acceptors (Lipinski definition) is 5. The SMILES string of the molecule is c1ccc([C@@H]2CN(c3nnnn3-c3ccccc3)[C@@H]3C4CCN(CC4)[C@@H]32)cc1. The Morgan fingerprint density at radius 1 is 0.821 bits per heavy atom. The lowest BCUT2D eigenvalue weighted by Gasteiger charge is -2.51. The highest BCUT2D eigenvalue weighted by Crippen LogP contribution is 2.47. The van der Waals surface area contributed by atoms with Crippen molar-refractivity contribution in [1.29, 1.82) is 0 Å². The molecular weight excluding hydrogens is 348 g/mol. The largest absolute Gasteiger partial charge is 0.334 e. The number of benzene rings is 2. The zero-order valence-electron chi connectivity index (χ0n) is 15.8. The van der Waals surface area contributed by atoms with Crippen LogP contribution in [-0.4, -0.2) is 56.8 Å². The van der Waals surface area contributed by atoms with Crippen LogP contribution in [0, 0.1) is 5.92 Å². The highest BCUT2D eigenvalue weighted by atomic mass is 15.6. The molecule has 4 aliphatic heterocycles. The molecule has 2 bridgehead atoms. The van der Waals surface area contributed by atoms with E-state index >= 15 is 0 Å². The quantitative estimate of drug-likeness (QED) is 0.708. The van der Waals surface area contributed by atoms with Gasteiger partial charge in [0.15, 0.2) is 0 Å². The van der Waals surface area contributed by atoms with Crippen LogP contribution >= 0.6 is 0 Å². The van der Waals surface area contributed by atoms with Gasteiger partial charge in [-0.2, -0.15) is 4.68 Å². The molecule has 4 fully saturated rings. The number of para-hydroxylation sites is 1. The maximum Gasteiger partial charge on any atom is 0.250 e. The number of rotatable bonds is 3. The zero-order valence-corrected chi connectivity index (χ0v) is 15.8. The van der Waals surface area contributed by atoms with Gasteiger partial charge in [0.05, 0.1) is 11.7 Å². The Morgan fingerprint density at radius 3 is 2.29 bits per heavy atom. The first-order valence-corrected chi connectivity index (χ1v) is 10.3. The van der Waals surface area contributed by atoms with Crippen molar-refractivity contribution >= 4 is 5.95 Å². The number of tetrazole rings is 1. The fourth-order valence-electron chi connectivity index (χ4n) is 5.74. The minimum Gasteiger partial charge on any atom is -0.334 e. The molecule has 6 heteroatoms. The Morgan fingerprint density at radius 2 is 1.54 bits per heavy atom. The van der Waals surface area contributed by atoms with Gasteiger partial charge in [0.2, 0.25) is 0 Å². The lowest BCUT2D eigenvalue weighted by molar-refractivity contribution is 0.0352. The highest BCUT2D eigenvalue weighted by molar-refractivity contribution is 5.46. The molecule has 4 saturated heterocycles. The lowest BCUT2D eigenvalue weighted by atomic mass is 9.75. The standard InChI is InChI=1S/C22H24N6/c1-3-7-16(8-4-1)19-15-27(20-17-11-13-26(14-12-17)21(19)20)22-23-24-25-28(22)18-9-5-2-6-10-18/h1-10,17,19-21H,11-15H2/t19-,20+,21+/m0/s1. The number of hydrogen-bond donors (Lipinski definition) is 0. The van der Waals surface area contributed by atoms with Gasteiger partial charge in [-0.05, 0) is 60.0 Å². The van der Waals surface area contributed by atoms with Crippen LogP contribution in [0.2, 0.25) is 0 Å². The summed E-state index contributed by atoms with van der Waals surface area (Å²) in [6.07, 6.45) is 2.57. The Labute approximate surface area is 164 Å². The summed E-state index contributed by atoms with van der Waals surface area (Å²) in [5.74, 6) is 2.10. The van der Waals surface area contributed by atoms with Crippen molar-refractivity contribution in [2.75, 3.05) is 24.5 Å². The number of piperidine rings is 3. The van der Waals surface area contributed by atoms with Gasteiger partial charge in [0.25, 0.3) is 5.95 Å². The van der Waals surface area contributed by atoms with E-state index in [1.807, 2.05) is 22.9 Å². The first-order valence-electron chi connectivity index (χ1n) is 10.3. The van der Waals surface area contributed by atoms with E-state index in [1.165, 1.54) is 31.5 Å². The third-order valence-corrected chi connectivity index (χ3v) is 6.93. The van der Waals surface area contributed by atoms with E-state index in [0.717, 1.165) is 24.1 Å². The maximum absolute atomic E-state index is 4.49. The van der Waals surface area contributed by atoms with Crippen LogP contribution in [0.3, 0.4) is 0 Å². The van der Waals surface area contributed by atoms with Gasteiger partial charge >= 0.3 is 0 Å². The molecule has 0 radical (unpaired) electrons. The Hall–Kier alpha value is -2.73. The Balaban J connectivity index is 1.44. The van der Waals surface area contributed by atoms with E-state index in [2.05, 4.69) is 67.8 Å². The second kappa shape index (κ2) is 6.41. The van der Waals surface area contributed by atoms with Gasteiger partial charge in [-0.25, -0.2) is 0 Å². The molecule has 5 heterocycles. The minimum absolute atomic E-state index is 0.487. The normalized spacial score (nSPS) is 31.1. The van der Waals surface area contributed by atoms with Gasteiger partial charge in [0.1, 0.15) is 0 Å². The fraction of sp³-hybridized carbons (Fsp3) is 0.409. The van der Waals surface area contributed by atoms with Crippen LogP contribution in [-0.2, 0) is 0 Å². The molecule has 0 unspecified atom stereocenters. The summed E-state index contributed by atoms with van der Waals surface area (Å²) in [6.45, 7) is 3.43. The van der Waals surface area contributed by atoms with Gasteiger partial charge in [-0.15, -0.1) is 0 Å². The molecule has 142 valence electrons. The average molecular weight is 372 g/mol. The second-order valence-electron chi connectivity index (χ2n) is 8.25. The van der Waals surface area contributed by atoms with Gasteiger partial charge < -0.3 is 4.90 Å². The van der Waals surface area contributed by atoms with Crippen LogP contribution < -0.4 is 4.90 Å². The van der Waals surface area contributed by atoms with Gasteiger partial charge in [-0.1, -0.05) is 53.6 Å². The molecular formula is C22H24N6. The van der Waals surface area contributed by atoms with E-state index in [9.17, 15) is 0 Å². The first kappa shape index (κ1) is 16.2. The van der Waals surface area contributed by atoms with E-state index in [1.54, 1.807) is 0 Å². The molecule has 2 aromatic carbocycles. The maximum atomic E-state index is 4.49. The molecule has 0 saturated carbocycles. The molecule has 28 heavy (non-hydrogen) atoms. The van der Waals surface area contributed by atoms with Crippen LogP contribution in [0.25, 0.3) is 5.69 Å². The van der Waals surface area contributed by atoms with Crippen molar-refractivity contribution in [2.24, 2.45) is 5.92 Å². The smallest absolute Gasteiger partial charge is 0.250 e. The number of fused-ring (bicyclic) bond motifs is 2. The van der Waals surface area contributed by atoms with Gasteiger partial charge in [0, 0.05) is 18.5 Å². The molecule has 7 rings (SSSR count). The summed E-state index contributed by atoms with van der Waals surface area (Å²) in [4.78, 5) is 5.23. The van der Waals surface area contributed by atoms with Crippen LogP contribution in [0.15, 0.2) is 60.7 Å². The van der Waals surface area contributed by atoms with E-state index in [0.29, 0.717) is 18.0 Å². The molecule has 0 N–H and O–H groups in total. The van der Waals surface area contributed by atoms with Crippen molar-refractivity contribution in [2.45, 2.75) is 30.8 Å². The molecule has 3 aromatic rings. The summed E-state index contributed by atoms with van der Waals surface area (Å²) < 4.78 is 1.90. The number of nitrogens with zero attached hydrogens (tertiary/aromatic N) is 6. The summed E-state index contributed by atoms with van der Waals surface area (Å²) in [6, 6.07) is 22.3. The van der Waals surface area contributed by atoms with Crippen molar-refractivity contribution in [3.63, 3.8) is 0 Å². The number of anilines is 1. The zero-order chi connectivity index (χ0) is 18.5. The van der Waals surface area contributed by atoms with E-state index < -0.39 is 0 Å².